The maximum absolute atomic E-state index is 12.9. The van der Waals surface area contributed by atoms with Crippen molar-refractivity contribution >= 4 is 29.2 Å². The minimum atomic E-state index is -0.659. The molecular weight excluding hydrogens is 420 g/mol. The number of nitrogens with zero attached hydrogens (tertiary/aromatic N) is 2. The number of hydrogen-bond acceptors (Lipinski definition) is 6. The van der Waals surface area contributed by atoms with Crippen LogP contribution < -0.4 is 0 Å². The Balaban J connectivity index is 0.00000187. The lowest BCUT2D eigenvalue weighted by Crippen LogP contribution is -2.43. The Morgan fingerprint density at radius 2 is 2.00 bits per heavy atom. The molecule has 7 nitrogen and oxygen atoms in total. The van der Waals surface area contributed by atoms with Gasteiger partial charge >= 0.3 is 0 Å². The molecule has 172 valence electrons. The largest absolute Gasteiger partial charge is 0.457 e. The zero-order valence-electron chi connectivity index (χ0n) is 19.3. The van der Waals surface area contributed by atoms with Crippen LogP contribution in [0.3, 0.4) is 0 Å². The average molecular weight is 449 g/mol. The fourth-order valence-electron chi connectivity index (χ4n) is 3.35. The minimum absolute atomic E-state index is 0.0191. The van der Waals surface area contributed by atoms with Crippen molar-refractivity contribution < 1.29 is 23.9 Å². The van der Waals surface area contributed by atoms with Gasteiger partial charge in [-0.05, 0) is 56.5 Å². The number of allylic oxidation sites excluding steroid dienone is 6. The van der Waals surface area contributed by atoms with Crippen molar-refractivity contribution in [3.63, 3.8) is 0 Å². The zero-order valence-corrected chi connectivity index (χ0v) is 19.3. The van der Waals surface area contributed by atoms with Crippen molar-refractivity contribution in [2.75, 3.05) is 13.2 Å². The molecule has 0 radical (unpaired) electrons. The third-order valence-corrected chi connectivity index (χ3v) is 5.05. The van der Waals surface area contributed by atoms with Crippen LogP contribution in [0.25, 0.3) is 11.6 Å². The van der Waals surface area contributed by atoms with Crippen LogP contribution in [0.4, 0.5) is 0 Å². The molecule has 1 aromatic rings. The molecule has 1 N–H and O–H groups in total. The molecule has 1 aromatic heterocycles. The summed E-state index contributed by atoms with van der Waals surface area (Å²) >= 11 is 0. The van der Waals surface area contributed by atoms with Gasteiger partial charge in [0, 0.05) is 29.9 Å². The summed E-state index contributed by atoms with van der Waals surface area (Å²) in [6, 6.07) is 5.29. The Labute approximate surface area is 193 Å². The molecular formula is C26H28N2O5. The van der Waals surface area contributed by atoms with Gasteiger partial charge < -0.3 is 9.52 Å². The Bertz CT molecular complexity index is 1140. The van der Waals surface area contributed by atoms with E-state index in [0.717, 1.165) is 10.5 Å². The van der Waals surface area contributed by atoms with Crippen molar-refractivity contribution in [3.8, 4) is 6.07 Å². The second-order valence-corrected chi connectivity index (χ2v) is 7.16. The number of imide groups is 1. The number of carbonyl (C=O) groups is 3. The van der Waals surface area contributed by atoms with Crippen LogP contribution in [0, 0.1) is 11.3 Å². The van der Waals surface area contributed by atoms with E-state index in [1.807, 2.05) is 38.1 Å². The van der Waals surface area contributed by atoms with Gasteiger partial charge in [-0.2, -0.15) is 5.26 Å². The summed E-state index contributed by atoms with van der Waals surface area (Å²) in [5, 5.41) is 18.5. The second kappa shape index (κ2) is 11.7. The van der Waals surface area contributed by atoms with E-state index in [2.05, 4.69) is 0 Å². The van der Waals surface area contributed by atoms with Crippen LogP contribution in [-0.2, 0) is 14.4 Å². The van der Waals surface area contributed by atoms with Gasteiger partial charge in [0.05, 0.1) is 0 Å². The van der Waals surface area contributed by atoms with Gasteiger partial charge in [0.2, 0.25) is 0 Å². The third kappa shape index (κ3) is 5.73. The third-order valence-electron chi connectivity index (χ3n) is 5.05. The predicted molar refractivity (Wildman–Crippen MR) is 125 cm³/mol. The number of rotatable bonds is 6. The standard InChI is InChI=1S/C24H22N2O5.C2H6/c1-15-20(23(29)26(10-5-11-27)24(30)21(15)14-25)13-19-8-9-22(31-19)18-7-4-3-6-17(12-18)16(2)28;1-2/h4,6-9,12-13,27H,3,5,10-11H2,1-2H3;1-2H3/b20-13+;. The summed E-state index contributed by atoms with van der Waals surface area (Å²) in [6.07, 6.45) is 9.74. The summed E-state index contributed by atoms with van der Waals surface area (Å²) < 4.78 is 5.88. The fraction of sp³-hybridized carbons (Fsp3) is 0.308. The molecule has 2 heterocycles. The molecule has 0 saturated heterocycles. The van der Waals surface area contributed by atoms with Crippen molar-refractivity contribution in [3.05, 3.63) is 70.2 Å². The lowest BCUT2D eigenvalue weighted by Gasteiger charge is -2.27. The van der Waals surface area contributed by atoms with Gasteiger partial charge in [-0.3, -0.25) is 19.3 Å². The molecule has 3 rings (SSSR count). The lowest BCUT2D eigenvalue weighted by molar-refractivity contribution is -0.140. The first-order valence-corrected chi connectivity index (χ1v) is 10.9. The molecule has 1 aliphatic heterocycles. The smallest absolute Gasteiger partial charge is 0.271 e. The van der Waals surface area contributed by atoms with E-state index in [9.17, 15) is 19.6 Å². The number of Topliss-reactive ketones (excluding diaryl/α,β-unsaturated/α-hetero) is 1. The van der Waals surface area contributed by atoms with Crippen molar-refractivity contribution in [2.24, 2.45) is 0 Å². The van der Waals surface area contributed by atoms with Crippen molar-refractivity contribution in [1.82, 2.24) is 4.90 Å². The Kier molecular flexibility index (Phi) is 9.08. The monoisotopic (exact) mass is 448 g/mol. The molecule has 1 aliphatic carbocycles. The second-order valence-electron chi connectivity index (χ2n) is 7.16. The van der Waals surface area contributed by atoms with Gasteiger partial charge in [-0.15, -0.1) is 0 Å². The van der Waals surface area contributed by atoms with Crippen LogP contribution in [0.15, 0.2) is 63.1 Å². The average Bonchev–Trinajstić information content (AvgIpc) is 3.13. The molecule has 0 unspecified atom stereocenters. The van der Waals surface area contributed by atoms with Gasteiger partial charge in [0.25, 0.3) is 11.8 Å². The molecule has 0 atom stereocenters. The molecule has 0 bridgehead atoms. The van der Waals surface area contributed by atoms with Crippen LogP contribution in [0.5, 0.6) is 0 Å². The topological polar surface area (TPSA) is 112 Å². The number of ketones is 1. The Morgan fingerprint density at radius 1 is 1.27 bits per heavy atom. The van der Waals surface area contributed by atoms with E-state index in [-0.39, 0.29) is 42.1 Å². The first-order chi connectivity index (χ1) is 15.9. The van der Waals surface area contributed by atoms with Crippen LogP contribution in [-0.4, -0.2) is 40.8 Å². The number of nitriles is 1. The number of furan rings is 1. The number of aliphatic hydroxyl groups is 1. The van der Waals surface area contributed by atoms with Crippen LogP contribution in [0.1, 0.15) is 52.1 Å². The van der Waals surface area contributed by atoms with Crippen LogP contribution >= 0.6 is 0 Å². The summed E-state index contributed by atoms with van der Waals surface area (Å²) in [7, 11) is 0. The van der Waals surface area contributed by atoms with Gasteiger partial charge in [0.15, 0.2) is 5.78 Å². The quantitative estimate of drug-likeness (QED) is 0.517. The van der Waals surface area contributed by atoms with Crippen molar-refractivity contribution in [1.29, 1.82) is 5.26 Å². The van der Waals surface area contributed by atoms with Crippen molar-refractivity contribution in [2.45, 2.75) is 40.5 Å². The minimum Gasteiger partial charge on any atom is -0.457 e. The highest BCUT2D eigenvalue weighted by Crippen LogP contribution is 2.29. The first-order valence-electron chi connectivity index (χ1n) is 10.9. The fourth-order valence-corrected chi connectivity index (χ4v) is 3.35. The maximum atomic E-state index is 12.9. The summed E-state index contributed by atoms with van der Waals surface area (Å²) in [5.74, 6) is -0.342. The van der Waals surface area contributed by atoms with E-state index in [1.165, 1.54) is 13.0 Å². The first kappa shape index (κ1) is 25.5. The summed E-state index contributed by atoms with van der Waals surface area (Å²) in [6.45, 7) is 6.89. The molecule has 0 spiro atoms. The molecule has 0 fully saturated rings. The van der Waals surface area contributed by atoms with Crippen LogP contribution in [0.2, 0.25) is 0 Å². The van der Waals surface area contributed by atoms with E-state index < -0.39 is 11.8 Å². The van der Waals surface area contributed by atoms with E-state index in [0.29, 0.717) is 23.5 Å². The maximum Gasteiger partial charge on any atom is 0.271 e. The van der Waals surface area contributed by atoms with Gasteiger partial charge in [-0.25, -0.2) is 0 Å². The van der Waals surface area contributed by atoms with E-state index in [4.69, 9.17) is 9.52 Å². The SMILES string of the molecule is CC.CC(=O)C1=CCC=CC(c2ccc(/C=C3/C(=O)N(CCCO)C(=O)C(C#N)=C3C)o2)=C1. The molecule has 2 amide bonds. The molecule has 2 aliphatic rings. The number of carbonyl (C=O) groups excluding carboxylic acids is 3. The van der Waals surface area contributed by atoms with E-state index in [1.54, 1.807) is 25.1 Å². The highest BCUT2D eigenvalue weighted by atomic mass is 16.3. The number of aliphatic hydroxyl groups excluding tert-OH is 1. The summed E-state index contributed by atoms with van der Waals surface area (Å²) in [4.78, 5) is 38.1. The summed E-state index contributed by atoms with van der Waals surface area (Å²) in [5.41, 5.74) is 1.68. The van der Waals surface area contributed by atoms with E-state index >= 15 is 0 Å². The molecule has 0 aromatic carbocycles. The van der Waals surface area contributed by atoms with Gasteiger partial charge in [-0.1, -0.05) is 32.1 Å². The molecule has 33 heavy (non-hydrogen) atoms. The molecule has 0 saturated carbocycles. The Hall–Kier alpha value is -3.76. The Morgan fingerprint density at radius 3 is 2.64 bits per heavy atom. The lowest BCUT2D eigenvalue weighted by atomic mass is 9.94. The highest BCUT2D eigenvalue weighted by molar-refractivity contribution is 6.19. The number of hydrogen-bond donors (Lipinski definition) is 1. The normalized spacial score (nSPS) is 17.2. The molecule has 7 heteroatoms. The van der Waals surface area contributed by atoms with Gasteiger partial charge in [0.1, 0.15) is 23.2 Å². The predicted octanol–water partition coefficient (Wildman–Crippen LogP) is 4.14. The highest BCUT2D eigenvalue weighted by Gasteiger charge is 2.35. The number of amides is 2. The zero-order chi connectivity index (χ0) is 24.5.